The average Bonchev–Trinajstić information content (AvgIpc) is 2.49. The SMILES string of the molecule is CSc1cccc(Oc2ccccc2CCO)c1C(=O)O. The van der Waals surface area contributed by atoms with Crippen LogP contribution in [0.4, 0.5) is 0 Å². The maximum atomic E-state index is 11.5. The minimum Gasteiger partial charge on any atom is -0.478 e. The van der Waals surface area contributed by atoms with Crippen molar-refractivity contribution >= 4 is 17.7 Å². The van der Waals surface area contributed by atoms with Gasteiger partial charge in [0.25, 0.3) is 0 Å². The third-order valence-electron chi connectivity index (χ3n) is 3.00. The number of benzene rings is 2. The number of aromatic carboxylic acids is 1. The summed E-state index contributed by atoms with van der Waals surface area (Å²) in [5, 5.41) is 18.5. The highest BCUT2D eigenvalue weighted by atomic mass is 32.2. The molecule has 0 aliphatic carbocycles. The third kappa shape index (κ3) is 3.56. The van der Waals surface area contributed by atoms with E-state index in [2.05, 4.69) is 0 Å². The minimum absolute atomic E-state index is 0.0109. The van der Waals surface area contributed by atoms with Crippen molar-refractivity contribution in [2.75, 3.05) is 12.9 Å². The molecule has 0 aliphatic rings. The number of carboxylic acids is 1. The van der Waals surface area contributed by atoms with Crippen LogP contribution in [0, 0.1) is 0 Å². The number of carbonyl (C=O) groups is 1. The number of hydrogen-bond donors (Lipinski definition) is 2. The zero-order valence-corrected chi connectivity index (χ0v) is 12.4. The highest BCUT2D eigenvalue weighted by Gasteiger charge is 2.17. The topological polar surface area (TPSA) is 66.8 Å². The van der Waals surface area contributed by atoms with Crippen molar-refractivity contribution in [3.8, 4) is 11.5 Å². The first-order valence-corrected chi connectivity index (χ1v) is 7.66. The molecule has 110 valence electrons. The fourth-order valence-corrected chi connectivity index (χ4v) is 2.63. The Morgan fingerprint density at radius 3 is 2.52 bits per heavy atom. The van der Waals surface area contributed by atoms with Gasteiger partial charge >= 0.3 is 5.97 Å². The summed E-state index contributed by atoms with van der Waals surface area (Å²) in [7, 11) is 0. The Balaban J connectivity index is 2.42. The van der Waals surface area contributed by atoms with Gasteiger partial charge in [-0.2, -0.15) is 0 Å². The smallest absolute Gasteiger partial charge is 0.340 e. The molecule has 21 heavy (non-hydrogen) atoms. The largest absolute Gasteiger partial charge is 0.478 e. The summed E-state index contributed by atoms with van der Waals surface area (Å²) in [5.74, 6) is -0.151. The van der Waals surface area contributed by atoms with Gasteiger partial charge in [-0.1, -0.05) is 24.3 Å². The second-order valence-electron chi connectivity index (χ2n) is 4.32. The van der Waals surface area contributed by atoms with E-state index in [4.69, 9.17) is 9.84 Å². The average molecular weight is 304 g/mol. The van der Waals surface area contributed by atoms with Crippen LogP contribution in [0.1, 0.15) is 15.9 Å². The van der Waals surface area contributed by atoms with E-state index in [1.54, 1.807) is 24.3 Å². The second kappa shape index (κ2) is 7.15. The number of aliphatic hydroxyl groups is 1. The maximum absolute atomic E-state index is 11.5. The molecule has 2 N–H and O–H groups in total. The van der Waals surface area contributed by atoms with Crippen LogP contribution in [-0.2, 0) is 6.42 Å². The molecule has 0 saturated carbocycles. The van der Waals surface area contributed by atoms with E-state index < -0.39 is 5.97 Å². The predicted molar refractivity (Wildman–Crippen MR) is 82.5 cm³/mol. The number of rotatable bonds is 6. The summed E-state index contributed by atoms with van der Waals surface area (Å²) >= 11 is 1.36. The molecular formula is C16H16O4S. The van der Waals surface area contributed by atoms with Gasteiger partial charge in [-0.25, -0.2) is 4.79 Å². The molecule has 2 aromatic rings. The number of thioether (sulfide) groups is 1. The van der Waals surface area contributed by atoms with Crippen molar-refractivity contribution < 1.29 is 19.7 Å². The van der Waals surface area contributed by atoms with Crippen molar-refractivity contribution in [2.24, 2.45) is 0 Å². The summed E-state index contributed by atoms with van der Waals surface area (Å²) in [6.45, 7) is 0.0109. The highest BCUT2D eigenvalue weighted by Crippen LogP contribution is 2.33. The monoisotopic (exact) mass is 304 g/mol. The van der Waals surface area contributed by atoms with Crippen LogP contribution in [-0.4, -0.2) is 29.0 Å². The van der Waals surface area contributed by atoms with E-state index >= 15 is 0 Å². The van der Waals surface area contributed by atoms with Crippen LogP contribution in [0.5, 0.6) is 11.5 Å². The molecule has 0 bridgehead atoms. The zero-order chi connectivity index (χ0) is 15.2. The number of para-hydroxylation sites is 1. The van der Waals surface area contributed by atoms with Gasteiger partial charge in [0.05, 0.1) is 0 Å². The molecule has 0 amide bonds. The van der Waals surface area contributed by atoms with Crippen molar-refractivity contribution in [3.63, 3.8) is 0 Å². The number of ether oxygens (including phenoxy) is 1. The molecule has 4 nitrogen and oxygen atoms in total. The third-order valence-corrected chi connectivity index (χ3v) is 3.78. The van der Waals surface area contributed by atoms with E-state index in [0.29, 0.717) is 22.8 Å². The first-order valence-electron chi connectivity index (χ1n) is 6.44. The fraction of sp³-hybridized carbons (Fsp3) is 0.188. The van der Waals surface area contributed by atoms with Crippen LogP contribution in [0.3, 0.4) is 0 Å². The summed E-state index contributed by atoms with van der Waals surface area (Å²) in [4.78, 5) is 12.1. The molecule has 0 atom stereocenters. The first kappa shape index (κ1) is 15.4. The Morgan fingerprint density at radius 1 is 1.14 bits per heavy atom. The molecule has 0 unspecified atom stereocenters. The molecule has 0 fully saturated rings. The van der Waals surface area contributed by atoms with Crippen LogP contribution in [0.15, 0.2) is 47.4 Å². The minimum atomic E-state index is -1.02. The van der Waals surface area contributed by atoms with E-state index in [-0.39, 0.29) is 12.2 Å². The van der Waals surface area contributed by atoms with Crippen molar-refractivity contribution in [1.29, 1.82) is 0 Å². The second-order valence-corrected chi connectivity index (χ2v) is 5.17. The van der Waals surface area contributed by atoms with E-state index in [1.165, 1.54) is 11.8 Å². The highest BCUT2D eigenvalue weighted by molar-refractivity contribution is 7.98. The Kier molecular flexibility index (Phi) is 5.25. The van der Waals surface area contributed by atoms with Gasteiger partial charge < -0.3 is 14.9 Å². The zero-order valence-electron chi connectivity index (χ0n) is 11.6. The number of carboxylic acid groups (broad SMARTS) is 1. The Bertz CT molecular complexity index is 640. The van der Waals surface area contributed by atoms with E-state index in [9.17, 15) is 9.90 Å². The van der Waals surface area contributed by atoms with Crippen LogP contribution < -0.4 is 4.74 Å². The molecule has 0 heterocycles. The molecule has 0 saturated heterocycles. The lowest BCUT2D eigenvalue weighted by Crippen LogP contribution is -2.03. The van der Waals surface area contributed by atoms with Crippen molar-refractivity contribution in [3.05, 3.63) is 53.6 Å². The van der Waals surface area contributed by atoms with Gasteiger partial charge in [0, 0.05) is 11.5 Å². The Hall–Kier alpha value is -1.98. The molecule has 0 radical (unpaired) electrons. The first-order chi connectivity index (χ1) is 10.2. The predicted octanol–water partition coefficient (Wildman–Crippen LogP) is 3.43. The molecular weight excluding hydrogens is 288 g/mol. The maximum Gasteiger partial charge on any atom is 0.340 e. The summed E-state index contributed by atoms with van der Waals surface area (Å²) in [5.41, 5.74) is 0.995. The lowest BCUT2D eigenvalue weighted by atomic mass is 10.1. The molecule has 0 aliphatic heterocycles. The van der Waals surface area contributed by atoms with Crippen molar-refractivity contribution in [2.45, 2.75) is 11.3 Å². The van der Waals surface area contributed by atoms with Gasteiger partial charge in [0.2, 0.25) is 0 Å². The normalized spacial score (nSPS) is 10.4. The summed E-state index contributed by atoms with van der Waals surface area (Å²) < 4.78 is 5.79. The van der Waals surface area contributed by atoms with Crippen LogP contribution in [0.25, 0.3) is 0 Å². The van der Waals surface area contributed by atoms with Crippen LogP contribution in [0.2, 0.25) is 0 Å². The van der Waals surface area contributed by atoms with Gasteiger partial charge in [-0.15, -0.1) is 11.8 Å². The summed E-state index contributed by atoms with van der Waals surface area (Å²) in [6.07, 6.45) is 2.28. The van der Waals surface area contributed by atoms with Crippen molar-refractivity contribution in [1.82, 2.24) is 0 Å². The van der Waals surface area contributed by atoms with Gasteiger partial charge in [0.1, 0.15) is 17.1 Å². The summed E-state index contributed by atoms with van der Waals surface area (Å²) in [6, 6.07) is 12.4. The number of aliphatic hydroxyl groups excluding tert-OH is 1. The molecule has 5 heteroatoms. The van der Waals surface area contributed by atoms with Gasteiger partial charge in [0.15, 0.2) is 0 Å². The van der Waals surface area contributed by atoms with Gasteiger partial charge in [-0.3, -0.25) is 0 Å². The lowest BCUT2D eigenvalue weighted by molar-refractivity contribution is 0.0690. The van der Waals surface area contributed by atoms with Crippen LogP contribution >= 0.6 is 11.8 Å². The Labute approximate surface area is 127 Å². The van der Waals surface area contributed by atoms with E-state index in [0.717, 1.165) is 5.56 Å². The molecule has 2 aromatic carbocycles. The lowest BCUT2D eigenvalue weighted by Gasteiger charge is -2.14. The molecule has 2 rings (SSSR count). The number of hydrogen-bond acceptors (Lipinski definition) is 4. The van der Waals surface area contributed by atoms with Gasteiger partial charge in [-0.05, 0) is 36.4 Å². The molecule has 0 aromatic heterocycles. The quantitative estimate of drug-likeness (QED) is 0.800. The Morgan fingerprint density at radius 2 is 1.86 bits per heavy atom. The van der Waals surface area contributed by atoms with E-state index in [1.807, 2.05) is 24.5 Å². The standard InChI is InChI=1S/C16H16O4S/c1-21-14-8-4-7-13(15(14)16(18)19)20-12-6-3-2-5-11(12)9-10-17/h2-8,17H,9-10H2,1H3,(H,18,19). The fourth-order valence-electron chi connectivity index (χ4n) is 2.03. The molecule has 0 spiro atoms.